The first-order chi connectivity index (χ1) is 14.7. The largest absolute Gasteiger partial charge is 0.490 e. The van der Waals surface area contributed by atoms with Crippen LogP contribution < -0.4 is 10.1 Å². The van der Waals surface area contributed by atoms with Crippen LogP contribution in [0.1, 0.15) is 10.4 Å². The molecule has 1 N–H and O–H groups in total. The van der Waals surface area contributed by atoms with Crippen LogP contribution in [0.5, 0.6) is 5.75 Å². The number of nitrogens with zero attached hydrogens (tertiary/aromatic N) is 2. The van der Waals surface area contributed by atoms with Gasteiger partial charge >= 0.3 is 0 Å². The summed E-state index contributed by atoms with van der Waals surface area (Å²) in [5, 5.41) is 6.46. The van der Waals surface area contributed by atoms with E-state index >= 15 is 0 Å². The summed E-state index contributed by atoms with van der Waals surface area (Å²) in [4.78, 5) is 23.0. The minimum atomic E-state index is -0.101. The molecular weight excluding hydrogens is 418 g/mol. The van der Waals surface area contributed by atoms with E-state index in [9.17, 15) is 4.79 Å². The second kappa shape index (κ2) is 9.88. The number of nitrogens with one attached hydrogen (secondary N) is 1. The third-order valence-corrected chi connectivity index (χ3v) is 6.30. The summed E-state index contributed by atoms with van der Waals surface area (Å²) in [7, 11) is 1.65. The molecule has 154 valence electrons. The number of amidine groups is 1. The number of methoxy groups -OCH3 is 1. The number of thioether (sulfide) groups is 1. The van der Waals surface area contributed by atoms with Crippen LogP contribution in [0.2, 0.25) is 0 Å². The smallest absolute Gasteiger partial charge is 0.263 e. The molecule has 2 aromatic heterocycles. The Morgan fingerprint density at radius 3 is 3.00 bits per heavy atom. The van der Waals surface area contributed by atoms with Gasteiger partial charge in [-0.3, -0.25) is 14.8 Å². The number of amides is 1. The lowest BCUT2D eigenvalue weighted by molar-refractivity contribution is -0.115. The Kier molecular flexibility index (Phi) is 6.78. The number of rotatable bonds is 8. The molecule has 0 radical (unpaired) electrons. The third kappa shape index (κ3) is 5.08. The van der Waals surface area contributed by atoms with Gasteiger partial charge in [0.25, 0.3) is 5.91 Å². The minimum absolute atomic E-state index is 0.101. The van der Waals surface area contributed by atoms with E-state index in [1.54, 1.807) is 24.6 Å². The fourth-order valence-electron chi connectivity index (χ4n) is 2.96. The fourth-order valence-corrected chi connectivity index (χ4v) is 4.38. The van der Waals surface area contributed by atoms with E-state index in [-0.39, 0.29) is 5.91 Å². The summed E-state index contributed by atoms with van der Waals surface area (Å²) in [6, 6.07) is 12.0. The zero-order valence-electron chi connectivity index (χ0n) is 16.5. The number of pyridine rings is 1. The van der Waals surface area contributed by atoms with Gasteiger partial charge in [0.15, 0.2) is 5.17 Å². The lowest BCUT2D eigenvalue weighted by Gasteiger charge is -2.09. The van der Waals surface area contributed by atoms with E-state index in [0.717, 1.165) is 22.2 Å². The predicted molar refractivity (Wildman–Crippen MR) is 122 cm³/mol. The van der Waals surface area contributed by atoms with Crippen molar-refractivity contribution < 1.29 is 14.3 Å². The molecule has 1 aliphatic heterocycles. The number of hydrogen-bond acceptors (Lipinski definition) is 7. The van der Waals surface area contributed by atoms with E-state index in [0.29, 0.717) is 36.3 Å². The van der Waals surface area contributed by atoms with Crippen molar-refractivity contribution in [3.8, 4) is 5.75 Å². The Labute approximate surface area is 183 Å². The van der Waals surface area contributed by atoms with Crippen LogP contribution in [0, 0.1) is 0 Å². The van der Waals surface area contributed by atoms with Gasteiger partial charge in [0.1, 0.15) is 12.4 Å². The Morgan fingerprint density at radius 1 is 1.23 bits per heavy atom. The molecule has 6 nitrogen and oxygen atoms in total. The van der Waals surface area contributed by atoms with Gasteiger partial charge in [-0.15, -0.1) is 11.3 Å². The zero-order chi connectivity index (χ0) is 20.8. The Bertz CT molecular complexity index is 1090. The second-order valence-electron chi connectivity index (χ2n) is 6.53. The first kappa shape index (κ1) is 20.6. The van der Waals surface area contributed by atoms with Crippen LogP contribution in [-0.4, -0.2) is 36.4 Å². The quantitative estimate of drug-likeness (QED) is 0.421. The van der Waals surface area contributed by atoms with Crippen LogP contribution in [0.25, 0.3) is 10.9 Å². The van der Waals surface area contributed by atoms with Crippen LogP contribution in [0.15, 0.2) is 63.9 Å². The molecule has 0 atom stereocenters. The van der Waals surface area contributed by atoms with E-state index < -0.39 is 0 Å². The van der Waals surface area contributed by atoms with Crippen molar-refractivity contribution in [3.63, 3.8) is 0 Å². The summed E-state index contributed by atoms with van der Waals surface area (Å²) in [6.45, 7) is 1.59. The van der Waals surface area contributed by atoms with Gasteiger partial charge in [-0.25, -0.2) is 0 Å². The monoisotopic (exact) mass is 439 g/mol. The van der Waals surface area contributed by atoms with Crippen LogP contribution >= 0.6 is 23.1 Å². The minimum Gasteiger partial charge on any atom is -0.490 e. The molecule has 1 amide bonds. The molecule has 30 heavy (non-hydrogen) atoms. The number of thiophene rings is 1. The Hall–Kier alpha value is -2.68. The molecule has 1 aliphatic rings. The molecule has 3 heterocycles. The number of aromatic nitrogens is 1. The Morgan fingerprint density at radius 2 is 2.17 bits per heavy atom. The van der Waals surface area contributed by atoms with E-state index in [1.165, 1.54) is 16.6 Å². The van der Waals surface area contributed by atoms with Crippen molar-refractivity contribution in [2.75, 3.05) is 20.3 Å². The number of hydrogen-bond donors (Lipinski definition) is 1. The number of benzene rings is 1. The van der Waals surface area contributed by atoms with Crippen molar-refractivity contribution in [3.05, 3.63) is 69.4 Å². The summed E-state index contributed by atoms with van der Waals surface area (Å²) in [5.41, 5.74) is 1.95. The molecular formula is C22H21N3O3S2. The lowest BCUT2D eigenvalue weighted by Crippen LogP contribution is -2.19. The molecule has 0 bridgehead atoms. The SMILES string of the molecule is COCCOc1ccnc2ccc(C/C=C3\SC(=NCc4cccs4)NC3=O)cc12. The zero-order valence-corrected chi connectivity index (χ0v) is 18.1. The van der Waals surface area contributed by atoms with Gasteiger partial charge in [-0.05, 0) is 53.4 Å². The normalized spacial score (nSPS) is 16.5. The van der Waals surface area contributed by atoms with Crippen LogP contribution in [-0.2, 0) is 22.5 Å². The molecule has 1 fully saturated rings. The van der Waals surface area contributed by atoms with Crippen molar-refractivity contribution in [1.29, 1.82) is 0 Å². The fraction of sp³-hybridized carbons (Fsp3) is 0.227. The molecule has 0 saturated carbocycles. The van der Waals surface area contributed by atoms with E-state index in [2.05, 4.69) is 21.4 Å². The van der Waals surface area contributed by atoms with Gasteiger partial charge in [-0.2, -0.15) is 0 Å². The van der Waals surface area contributed by atoms with Gasteiger partial charge in [0.2, 0.25) is 0 Å². The number of aliphatic imine (C=N–C) groups is 1. The van der Waals surface area contributed by atoms with Crippen molar-refractivity contribution in [1.82, 2.24) is 10.3 Å². The van der Waals surface area contributed by atoms with Gasteiger partial charge in [0, 0.05) is 23.6 Å². The standard InChI is InChI=1S/C22H21N3O3S2/c1-27-10-11-28-19-8-9-23-18-6-4-15(13-17(18)19)5-7-20-21(26)25-22(30-20)24-14-16-3-2-12-29-16/h2-4,6-9,12-13H,5,10-11,14H2,1H3,(H,24,25,26)/b20-7-. The first-order valence-corrected chi connectivity index (χ1v) is 11.2. The molecule has 4 rings (SSSR count). The molecule has 8 heteroatoms. The maximum Gasteiger partial charge on any atom is 0.263 e. The lowest BCUT2D eigenvalue weighted by atomic mass is 10.1. The Balaban J connectivity index is 1.45. The number of allylic oxidation sites excluding steroid dienone is 1. The second-order valence-corrected chi connectivity index (χ2v) is 8.59. The van der Waals surface area contributed by atoms with Crippen LogP contribution in [0.4, 0.5) is 0 Å². The number of carbonyl (C=O) groups is 1. The van der Waals surface area contributed by atoms with Gasteiger partial charge in [-0.1, -0.05) is 18.2 Å². The van der Waals surface area contributed by atoms with Gasteiger partial charge in [0.05, 0.1) is 23.6 Å². The average molecular weight is 440 g/mol. The maximum absolute atomic E-state index is 12.3. The van der Waals surface area contributed by atoms with Crippen molar-refractivity contribution in [2.24, 2.45) is 4.99 Å². The maximum atomic E-state index is 12.3. The molecule has 0 aliphatic carbocycles. The van der Waals surface area contributed by atoms with Gasteiger partial charge < -0.3 is 14.8 Å². The number of fused-ring (bicyclic) bond motifs is 1. The van der Waals surface area contributed by atoms with E-state index in [1.807, 2.05) is 41.8 Å². The first-order valence-electron chi connectivity index (χ1n) is 9.48. The topological polar surface area (TPSA) is 72.8 Å². The molecule has 0 spiro atoms. The van der Waals surface area contributed by atoms with Crippen molar-refractivity contribution >= 4 is 45.1 Å². The highest BCUT2D eigenvalue weighted by Gasteiger charge is 2.23. The highest BCUT2D eigenvalue weighted by molar-refractivity contribution is 8.18. The van der Waals surface area contributed by atoms with Crippen LogP contribution in [0.3, 0.4) is 0 Å². The van der Waals surface area contributed by atoms with E-state index in [4.69, 9.17) is 9.47 Å². The molecule has 1 aromatic carbocycles. The summed E-state index contributed by atoms with van der Waals surface area (Å²) >= 11 is 3.04. The van der Waals surface area contributed by atoms with Crippen molar-refractivity contribution in [2.45, 2.75) is 13.0 Å². The summed E-state index contributed by atoms with van der Waals surface area (Å²) < 4.78 is 10.9. The molecule has 0 unspecified atom stereocenters. The summed E-state index contributed by atoms with van der Waals surface area (Å²) in [5.74, 6) is 0.679. The number of ether oxygens (including phenoxy) is 2. The third-order valence-electron chi connectivity index (χ3n) is 4.44. The molecule has 1 saturated heterocycles. The number of carbonyl (C=O) groups excluding carboxylic acids is 1. The average Bonchev–Trinajstić information content (AvgIpc) is 3.40. The highest BCUT2D eigenvalue weighted by Crippen LogP contribution is 2.27. The molecule has 3 aromatic rings. The predicted octanol–water partition coefficient (Wildman–Crippen LogP) is 4.17. The highest BCUT2D eigenvalue weighted by atomic mass is 32.2. The summed E-state index contributed by atoms with van der Waals surface area (Å²) in [6.07, 6.45) is 4.32.